The summed E-state index contributed by atoms with van der Waals surface area (Å²) < 4.78 is 0. The van der Waals surface area contributed by atoms with E-state index in [4.69, 9.17) is 10.4 Å². The molecule has 1 rings (SSSR count). The molecular weight excluding hydrogens is 262 g/mol. The fraction of sp³-hybridized carbons (Fsp3) is 0.444. The molecule has 0 aliphatic heterocycles. The summed E-state index contributed by atoms with van der Waals surface area (Å²) in [4.78, 5) is 11.1. The minimum absolute atomic E-state index is 0.244. The Morgan fingerprint density at radius 1 is 1.24 bits per heavy atom. The van der Waals surface area contributed by atoms with Crippen molar-refractivity contribution < 1.29 is 9.90 Å². The van der Waals surface area contributed by atoms with Gasteiger partial charge >= 0.3 is 5.97 Å². The van der Waals surface area contributed by atoms with Crippen LogP contribution in [0.5, 0.6) is 0 Å². The highest BCUT2D eigenvalue weighted by atomic mass is 16.4. The van der Waals surface area contributed by atoms with Crippen LogP contribution in [0, 0.1) is 11.3 Å². The molecule has 0 spiro atoms. The topological polar surface area (TPSA) is 61.1 Å². The van der Waals surface area contributed by atoms with E-state index in [1.165, 1.54) is 38.2 Å². The molecule has 3 nitrogen and oxygen atoms in total. The molecule has 1 aromatic carbocycles. The lowest BCUT2D eigenvalue weighted by Gasteiger charge is -2.06. The number of carbonyl (C=O) groups is 1. The summed E-state index contributed by atoms with van der Waals surface area (Å²) in [5, 5.41) is 17.7. The van der Waals surface area contributed by atoms with E-state index in [9.17, 15) is 4.79 Å². The monoisotopic (exact) mass is 285 g/mol. The zero-order chi connectivity index (χ0) is 15.5. The molecule has 112 valence electrons. The van der Waals surface area contributed by atoms with Crippen LogP contribution < -0.4 is 0 Å². The second-order valence-electron chi connectivity index (χ2n) is 5.21. The standard InChI is InChI=1S/C18H23NO2/c1-2-3-4-5-6-7-9-15-11-12-17(18(20)21)16(14-15)10-8-13-19/h8,10-12,14H,2-7,9H2,1H3,(H,20,21)/b10-8+. The molecule has 0 atom stereocenters. The van der Waals surface area contributed by atoms with Gasteiger partial charge in [-0.05, 0) is 36.1 Å². The van der Waals surface area contributed by atoms with Crippen molar-refractivity contribution in [1.82, 2.24) is 0 Å². The van der Waals surface area contributed by atoms with E-state index >= 15 is 0 Å². The quantitative estimate of drug-likeness (QED) is 0.522. The van der Waals surface area contributed by atoms with E-state index < -0.39 is 5.97 Å². The van der Waals surface area contributed by atoms with Gasteiger partial charge in [0.05, 0.1) is 11.6 Å². The van der Waals surface area contributed by atoms with Crippen LogP contribution in [0.1, 0.15) is 66.9 Å². The lowest BCUT2D eigenvalue weighted by atomic mass is 9.99. The number of benzene rings is 1. The van der Waals surface area contributed by atoms with Gasteiger partial charge in [0, 0.05) is 6.08 Å². The Morgan fingerprint density at radius 2 is 1.95 bits per heavy atom. The van der Waals surface area contributed by atoms with Crippen molar-refractivity contribution in [3.05, 3.63) is 41.0 Å². The Labute approximate surface area is 126 Å². The predicted octanol–water partition coefficient (Wildman–Crippen LogP) is 4.82. The normalized spacial score (nSPS) is 10.7. The summed E-state index contributed by atoms with van der Waals surface area (Å²) in [7, 11) is 0. The van der Waals surface area contributed by atoms with E-state index in [2.05, 4.69) is 6.92 Å². The van der Waals surface area contributed by atoms with Gasteiger partial charge in [-0.3, -0.25) is 0 Å². The molecule has 0 saturated carbocycles. The van der Waals surface area contributed by atoms with E-state index in [0.717, 1.165) is 18.4 Å². The number of nitriles is 1. The van der Waals surface area contributed by atoms with Crippen LogP contribution in [-0.4, -0.2) is 11.1 Å². The predicted molar refractivity (Wildman–Crippen MR) is 85.1 cm³/mol. The highest BCUT2D eigenvalue weighted by molar-refractivity contribution is 5.92. The molecule has 0 aromatic heterocycles. The molecule has 0 aliphatic carbocycles. The Hall–Kier alpha value is -2.08. The second-order valence-corrected chi connectivity index (χ2v) is 5.21. The third-order valence-corrected chi connectivity index (χ3v) is 3.50. The molecule has 0 saturated heterocycles. The van der Waals surface area contributed by atoms with Gasteiger partial charge in [0.1, 0.15) is 0 Å². The van der Waals surface area contributed by atoms with E-state index in [-0.39, 0.29) is 5.56 Å². The van der Waals surface area contributed by atoms with E-state index in [1.54, 1.807) is 12.1 Å². The molecule has 0 heterocycles. The Bertz CT molecular complexity index is 527. The highest BCUT2D eigenvalue weighted by Gasteiger charge is 2.08. The lowest BCUT2D eigenvalue weighted by Crippen LogP contribution is -2.00. The van der Waals surface area contributed by atoms with E-state index in [0.29, 0.717) is 5.56 Å². The minimum atomic E-state index is -0.960. The van der Waals surface area contributed by atoms with Crippen molar-refractivity contribution >= 4 is 12.0 Å². The SMILES string of the molecule is CCCCCCCCc1ccc(C(=O)O)c(/C=C/C#N)c1. The van der Waals surface area contributed by atoms with Crippen LogP contribution in [0.2, 0.25) is 0 Å². The van der Waals surface area contributed by atoms with Crippen LogP contribution in [0.4, 0.5) is 0 Å². The molecule has 0 unspecified atom stereocenters. The van der Waals surface area contributed by atoms with Crippen LogP contribution in [0.3, 0.4) is 0 Å². The first kappa shape index (κ1) is 17.0. The smallest absolute Gasteiger partial charge is 0.336 e. The third-order valence-electron chi connectivity index (χ3n) is 3.50. The average Bonchev–Trinajstić information content (AvgIpc) is 2.48. The number of unbranched alkanes of at least 4 members (excludes halogenated alkanes) is 5. The van der Waals surface area contributed by atoms with Crippen LogP contribution >= 0.6 is 0 Å². The van der Waals surface area contributed by atoms with Crippen LogP contribution in [0.15, 0.2) is 24.3 Å². The van der Waals surface area contributed by atoms with Gasteiger partial charge in [0.2, 0.25) is 0 Å². The third kappa shape index (κ3) is 6.27. The summed E-state index contributed by atoms with van der Waals surface area (Å²) in [5.74, 6) is -0.960. The van der Waals surface area contributed by atoms with Gasteiger partial charge in [0.25, 0.3) is 0 Å². The average molecular weight is 285 g/mol. The first-order chi connectivity index (χ1) is 10.2. The zero-order valence-corrected chi connectivity index (χ0v) is 12.6. The number of rotatable bonds is 9. The zero-order valence-electron chi connectivity index (χ0n) is 12.6. The van der Waals surface area contributed by atoms with Crippen molar-refractivity contribution in [1.29, 1.82) is 5.26 Å². The molecular formula is C18H23NO2. The summed E-state index contributed by atoms with van der Waals surface area (Å²) in [6, 6.07) is 7.28. The number of hydrogen-bond donors (Lipinski definition) is 1. The van der Waals surface area contributed by atoms with Crippen molar-refractivity contribution in [2.45, 2.75) is 51.9 Å². The number of carboxylic acids is 1. The number of allylic oxidation sites excluding steroid dienone is 1. The maximum absolute atomic E-state index is 11.1. The molecule has 0 aliphatic rings. The number of aryl methyl sites for hydroxylation is 1. The molecule has 0 bridgehead atoms. The first-order valence-corrected chi connectivity index (χ1v) is 7.61. The first-order valence-electron chi connectivity index (χ1n) is 7.61. The number of aromatic carboxylic acids is 1. The summed E-state index contributed by atoms with van der Waals surface area (Å²) >= 11 is 0. The maximum Gasteiger partial charge on any atom is 0.336 e. The van der Waals surface area contributed by atoms with Gasteiger partial charge in [-0.15, -0.1) is 0 Å². The fourth-order valence-electron chi connectivity index (χ4n) is 2.34. The maximum atomic E-state index is 11.1. The Morgan fingerprint density at radius 3 is 2.62 bits per heavy atom. The van der Waals surface area contributed by atoms with Crippen molar-refractivity contribution in [2.24, 2.45) is 0 Å². The lowest BCUT2D eigenvalue weighted by molar-refractivity contribution is 0.0696. The summed E-state index contributed by atoms with van der Waals surface area (Å²) in [6.45, 7) is 2.21. The van der Waals surface area contributed by atoms with Gasteiger partial charge in [-0.1, -0.05) is 51.2 Å². The summed E-state index contributed by atoms with van der Waals surface area (Å²) in [5.41, 5.74) is 1.98. The Balaban J connectivity index is 2.61. The van der Waals surface area contributed by atoms with Gasteiger partial charge < -0.3 is 5.11 Å². The molecule has 0 amide bonds. The number of carboxylic acid groups (broad SMARTS) is 1. The largest absolute Gasteiger partial charge is 0.478 e. The Kier molecular flexibility index (Phi) is 7.89. The fourth-order valence-corrected chi connectivity index (χ4v) is 2.34. The second kappa shape index (κ2) is 9.77. The molecule has 21 heavy (non-hydrogen) atoms. The van der Waals surface area contributed by atoms with Crippen LogP contribution in [0.25, 0.3) is 6.08 Å². The van der Waals surface area contributed by atoms with Gasteiger partial charge in [-0.2, -0.15) is 5.26 Å². The van der Waals surface area contributed by atoms with Crippen molar-refractivity contribution in [3.63, 3.8) is 0 Å². The van der Waals surface area contributed by atoms with Crippen molar-refractivity contribution in [2.75, 3.05) is 0 Å². The van der Waals surface area contributed by atoms with Gasteiger partial charge in [-0.25, -0.2) is 4.79 Å². The van der Waals surface area contributed by atoms with Crippen molar-refractivity contribution in [3.8, 4) is 6.07 Å². The van der Waals surface area contributed by atoms with Gasteiger partial charge in [0.15, 0.2) is 0 Å². The van der Waals surface area contributed by atoms with Crippen LogP contribution in [-0.2, 0) is 6.42 Å². The highest BCUT2D eigenvalue weighted by Crippen LogP contribution is 2.17. The summed E-state index contributed by atoms with van der Waals surface area (Å²) in [6.07, 6.45) is 11.3. The minimum Gasteiger partial charge on any atom is -0.478 e. The number of hydrogen-bond acceptors (Lipinski definition) is 2. The molecule has 1 aromatic rings. The van der Waals surface area contributed by atoms with E-state index in [1.807, 2.05) is 18.2 Å². The number of nitrogens with zero attached hydrogens (tertiary/aromatic N) is 1. The molecule has 3 heteroatoms. The molecule has 1 N–H and O–H groups in total. The molecule has 0 fully saturated rings. The molecule has 0 radical (unpaired) electrons.